The Bertz CT molecular complexity index is 563. The Morgan fingerprint density at radius 1 is 0.759 bits per heavy atom. The first kappa shape index (κ1) is 22.0. The molecule has 29 heavy (non-hydrogen) atoms. The van der Waals surface area contributed by atoms with Crippen molar-refractivity contribution in [1.82, 2.24) is 10.2 Å². The quantitative estimate of drug-likeness (QED) is 0.695. The molecule has 3 amide bonds. The van der Waals surface area contributed by atoms with Gasteiger partial charge in [0.05, 0.1) is 0 Å². The summed E-state index contributed by atoms with van der Waals surface area (Å²) < 4.78 is 0. The zero-order chi connectivity index (χ0) is 20.5. The minimum absolute atomic E-state index is 0.0945. The van der Waals surface area contributed by atoms with Crippen LogP contribution in [-0.4, -0.2) is 35.7 Å². The van der Waals surface area contributed by atoms with E-state index in [-0.39, 0.29) is 23.6 Å². The number of amides is 3. The highest BCUT2D eigenvalue weighted by Gasteiger charge is 2.31. The average molecular weight is 403 g/mol. The number of hydrogen-bond donors (Lipinski definition) is 1. The zero-order valence-electron chi connectivity index (χ0n) is 17.9. The molecule has 0 atom stereocenters. The van der Waals surface area contributed by atoms with Crippen LogP contribution in [0.3, 0.4) is 0 Å². The lowest BCUT2D eigenvalue weighted by Crippen LogP contribution is -2.39. The molecular formula is C24H38N2O3. The van der Waals surface area contributed by atoms with Gasteiger partial charge in [-0.2, -0.15) is 0 Å². The number of carbonyl (C=O) groups excluding carboxylic acids is 3. The van der Waals surface area contributed by atoms with E-state index in [1.165, 1.54) is 81.3 Å². The summed E-state index contributed by atoms with van der Waals surface area (Å²) in [4.78, 5) is 37.5. The fraction of sp³-hybridized carbons (Fsp3) is 0.792. The summed E-state index contributed by atoms with van der Waals surface area (Å²) >= 11 is 0. The van der Waals surface area contributed by atoms with E-state index in [1.807, 2.05) is 0 Å². The molecule has 2 fully saturated rings. The molecule has 0 radical (unpaired) electrons. The molecular weight excluding hydrogens is 364 g/mol. The number of hydrogen-bond acceptors (Lipinski definition) is 3. The van der Waals surface area contributed by atoms with Crippen LogP contribution in [0, 0.1) is 17.8 Å². The third-order valence-electron chi connectivity index (χ3n) is 7.10. The van der Waals surface area contributed by atoms with Crippen LogP contribution in [0.5, 0.6) is 0 Å². The van der Waals surface area contributed by atoms with Crippen LogP contribution in [-0.2, 0) is 14.4 Å². The van der Waals surface area contributed by atoms with Gasteiger partial charge < -0.3 is 5.32 Å². The molecule has 162 valence electrons. The van der Waals surface area contributed by atoms with Gasteiger partial charge >= 0.3 is 0 Å². The first-order valence-corrected chi connectivity index (χ1v) is 11.9. The zero-order valence-corrected chi connectivity index (χ0v) is 17.9. The van der Waals surface area contributed by atoms with Crippen LogP contribution in [0.15, 0.2) is 12.2 Å². The molecule has 0 aromatic rings. The van der Waals surface area contributed by atoms with Crippen molar-refractivity contribution >= 4 is 17.7 Å². The van der Waals surface area contributed by atoms with Gasteiger partial charge in [0.1, 0.15) is 0 Å². The lowest BCUT2D eigenvalue weighted by molar-refractivity contribution is -0.138. The van der Waals surface area contributed by atoms with Gasteiger partial charge in [-0.05, 0) is 50.4 Å². The van der Waals surface area contributed by atoms with Gasteiger partial charge in [0.2, 0.25) is 5.91 Å². The molecule has 1 heterocycles. The summed E-state index contributed by atoms with van der Waals surface area (Å²) in [6, 6.07) is 0. The van der Waals surface area contributed by atoms with Gasteiger partial charge in [0, 0.05) is 31.2 Å². The molecule has 1 N–H and O–H groups in total. The van der Waals surface area contributed by atoms with Gasteiger partial charge in [-0.25, -0.2) is 0 Å². The lowest BCUT2D eigenvalue weighted by Gasteiger charge is -2.30. The summed E-state index contributed by atoms with van der Waals surface area (Å²) in [5.41, 5.74) is 0. The Labute approximate surface area is 175 Å². The number of nitrogens with one attached hydrogen (secondary N) is 1. The molecule has 3 rings (SSSR count). The van der Waals surface area contributed by atoms with Crippen LogP contribution >= 0.6 is 0 Å². The maximum atomic E-state index is 12.7. The van der Waals surface area contributed by atoms with Crippen molar-refractivity contribution < 1.29 is 14.4 Å². The predicted octanol–water partition coefficient (Wildman–Crippen LogP) is 4.36. The maximum Gasteiger partial charge on any atom is 0.253 e. The van der Waals surface area contributed by atoms with Crippen molar-refractivity contribution in [2.24, 2.45) is 17.8 Å². The Kier molecular flexibility index (Phi) is 8.75. The Morgan fingerprint density at radius 2 is 1.28 bits per heavy atom. The highest BCUT2D eigenvalue weighted by atomic mass is 16.2. The maximum absolute atomic E-state index is 12.7. The van der Waals surface area contributed by atoms with E-state index in [2.05, 4.69) is 5.32 Å². The van der Waals surface area contributed by atoms with E-state index in [0.717, 1.165) is 32.2 Å². The summed E-state index contributed by atoms with van der Waals surface area (Å²) in [5, 5.41) is 3.26. The van der Waals surface area contributed by atoms with E-state index >= 15 is 0 Å². The van der Waals surface area contributed by atoms with E-state index in [4.69, 9.17) is 0 Å². The third kappa shape index (κ3) is 6.97. The fourth-order valence-electron chi connectivity index (χ4n) is 5.14. The largest absolute Gasteiger partial charge is 0.356 e. The standard InChI is InChI=1S/C24H38N2O3/c27-22-15-16-23(28)26(22)18-20-11-13-21(14-12-20)24(29)25-17-19-9-7-5-3-1-2-4-6-8-10-19/h15-16,19-21H,1-14,17-18H2,(H,25,29). The van der Waals surface area contributed by atoms with Crippen molar-refractivity contribution in [1.29, 1.82) is 0 Å². The van der Waals surface area contributed by atoms with Gasteiger partial charge in [-0.3, -0.25) is 19.3 Å². The van der Waals surface area contributed by atoms with Crippen LogP contribution in [0.2, 0.25) is 0 Å². The van der Waals surface area contributed by atoms with Gasteiger partial charge in [-0.1, -0.05) is 51.4 Å². The van der Waals surface area contributed by atoms with Gasteiger partial charge in [0.15, 0.2) is 0 Å². The Balaban J connectivity index is 1.36. The van der Waals surface area contributed by atoms with Crippen LogP contribution in [0.4, 0.5) is 0 Å². The molecule has 3 aliphatic rings. The highest BCUT2D eigenvalue weighted by Crippen LogP contribution is 2.30. The van der Waals surface area contributed by atoms with Crippen molar-refractivity contribution in [2.45, 2.75) is 89.9 Å². The number of imide groups is 1. The molecule has 0 unspecified atom stereocenters. The van der Waals surface area contributed by atoms with Crippen molar-refractivity contribution in [3.05, 3.63) is 12.2 Å². The van der Waals surface area contributed by atoms with Crippen molar-refractivity contribution in [3.8, 4) is 0 Å². The molecule has 1 aliphatic heterocycles. The molecule has 5 nitrogen and oxygen atoms in total. The van der Waals surface area contributed by atoms with Gasteiger partial charge in [0.25, 0.3) is 11.8 Å². The van der Waals surface area contributed by atoms with E-state index in [1.54, 1.807) is 0 Å². The van der Waals surface area contributed by atoms with E-state index < -0.39 is 0 Å². The normalized spacial score (nSPS) is 27.7. The topological polar surface area (TPSA) is 66.5 Å². The summed E-state index contributed by atoms with van der Waals surface area (Å²) in [6.07, 6.45) is 19.6. The van der Waals surface area contributed by atoms with Crippen LogP contribution in [0.1, 0.15) is 89.9 Å². The molecule has 0 bridgehead atoms. The average Bonchev–Trinajstić information content (AvgIpc) is 3.01. The van der Waals surface area contributed by atoms with Crippen LogP contribution < -0.4 is 5.32 Å². The highest BCUT2D eigenvalue weighted by molar-refractivity contribution is 6.12. The van der Waals surface area contributed by atoms with Crippen molar-refractivity contribution in [3.63, 3.8) is 0 Å². The van der Waals surface area contributed by atoms with E-state index in [0.29, 0.717) is 18.4 Å². The molecule has 0 aromatic heterocycles. The van der Waals surface area contributed by atoms with Crippen molar-refractivity contribution in [2.75, 3.05) is 13.1 Å². The molecule has 5 heteroatoms. The summed E-state index contributed by atoms with van der Waals surface area (Å²) in [5.74, 6) is 0.875. The molecule has 0 saturated heterocycles. The minimum atomic E-state index is -0.198. The second-order valence-electron chi connectivity index (χ2n) is 9.36. The molecule has 2 saturated carbocycles. The third-order valence-corrected chi connectivity index (χ3v) is 7.10. The first-order valence-electron chi connectivity index (χ1n) is 11.9. The Hall–Kier alpha value is -1.65. The second-order valence-corrected chi connectivity index (χ2v) is 9.36. The summed E-state index contributed by atoms with van der Waals surface area (Å²) in [7, 11) is 0. The molecule has 0 aromatic carbocycles. The van der Waals surface area contributed by atoms with Gasteiger partial charge in [-0.15, -0.1) is 0 Å². The fourth-order valence-corrected chi connectivity index (χ4v) is 5.14. The monoisotopic (exact) mass is 402 g/mol. The van der Waals surface area contributed by atoms with E-state index in [9.17, 15) is 14.4 Å². The smallest absolute Gasteiger partial charge is 0.253 e. The number of rotatable bonds is 5. The number of nitrogens with zero attached hydrogens (tertiary/aromatic N) is 1. The first-order chi connectivity index (χ1) is 14.1. The minimum Gasteiger partial charge on any atom is -0.356 e. The number of carbonyl (C=O) groups is 3. The van der Waals surface area contributed by atoms with Crippen LogP contribution in [0.25, 0.3) is 0 Å². The molecule has 2 aliphatic carbocycles. The molecule has 0 spiro atoms. The predicted molar refractivity (Wildman–Crippen MR) is 114 cm³/mol. The SMILES string of the molecule is O=C(NCC1CCCCCCCCCC1)C1CCC(CN2C(=O)C=CC2=O)CC1. The summed E-state index contributed by atoms with van der Waals surface area (Å²) in [6.45, 7) is 1.34. The lowest BCUT2D eigenvalue weighted by atomic mass is 9.81. The second kappa shape index (κ2) is 11.5. The Morgan fingerprint density at radius 3 is 1.83 bits per heavy atom.